The van der Waals surface area contributed by atoms with Gasteiger partial charge in [-0.1, -0.05) is 12.1 Å². The Bertz CT molecular complexity index is 886. The summed E-state index contributed by atoms with van der Waals surface area (Å²) in [5.74, 6) is 3.64. The van der Waals surface area contributed by atoms with E-state index in [1.165, 1.54) is 0 Å². The van der Waals surface area contributed by atoms with Gasteiger partial charge in [0, 0.05) is 20.1 Å². The van der Waals surface area contributed by atoms with E-state index in [1.807, 2.05) is 30.3 Å². The number of rotatable bonds is 11. The van der Waals surface area contributed by atoms with Crippen molar-refractivity contribution in [2.75, 3.05) is 62.7 Å². The lowest BCUT2D eigenvalue weighted by atomic mass is 10.1. The fraction of sp³-hybridized carbons (Fsp3) is 0.458. The van der Waals surface area contributed by atoms with Crippen molar-refractivity contribution >= 4 is 5.96 Å². The Hall–Kier alpha value is -3.13. The molecule has 176 valence electrons. The molecule has 2 N–H and O–H groups in total. The van der Waals surface area contributed by atoms with Crippen molar-refractivity contribution in [3.63, 3.8) is 0 Å². The van der Waals surface area contributed by atoms with Crippen molar-refractivity contribution in [3.05, 3.63) is 47.5 Å². The van der Waals surface area contributed by atoms with Gasteiger partial charge in [0.1, 0.15) is 0 Å². The molecule has 0 aliphatic carbocycles. The Morgan fingerprint density at radius 1 is 0.844 bits per heavy atom. The summed E-state index contributed by atoms with van der Waals surface area (Å²) in [6, 6.07) is 12.1. The van der Waals surface area contributed by atoms with Crippen LogP contribution in [0.25, 0.3) is 0 Å². The number of methoxy groups -OCH3 is 4. The molecular weight excluding hydrogens is 408 g/mol. The Balaban J connectivity index is 1.96. The summed E-state index contributed by atoms with van der Waals surface area (Å²) < 4.78 is 21.5. The van der Waals surface area contributed by atoms with E-state index in [0.717, 1.165) is 41.6 Å². The highest BCUT2D eigenvalue weighted by molar-refractivity contribution is 5.79. The smallest absolute Gasteiger partial charge is 0.191 e. The molecule has 32 heavy (non-hydrogen) atoms. The molecule has 8 heteroatoms. The molecule has 2 aromatic carbocycles. The minimum atomic E-state index is 0.124. The van der Waals surface area contributed by atoms with E-state index in [2.05, 4.69) is 40.7 Å². The molecule has 2 rings (SSSR count). The third-order valence-electron chi connectivity index (χ3n) is 5.26. The molecule has 2 aromatic rings. The molecule has 0 aromatic heterocycles. The average Bonchev–Trinajstić information content (AvgIpc) is 2.82. The molecule has 0 bridgehead atoms. The van der Waals surface area contributed by atoms with Crippen LogP contribution in [0.4, 0.5) is 0 Å². The zero-order valence-electron chi connectivity index (χ0n) is 20.2. The first-order valence-electron chi connectivity index (χ1n) is 10.5. The largest absolute Gasteiger partial charge is 0.493 e. The van der Waals surface area contributed by atoms with Crippen LogP contribution in [0.3, 0.4) is 0 Å². The molecule has 0 fully saturated rings. The lowest BCUT2D eigenvalue weighted by Gasteiger charge is -2.26. The summed E-state index contributed by atoms with van der Waals surface area (Å²) in [5, 5.41) is 6.80. The van der Waals surface area contributed by atoms with Gasteiger partial charge in [-0.3, -0.25) is 4.99 Å². The summed E-state index contributed by atoms with van der Waals surface area (Å²) >= 11 is 0. The number of benzene rings is 2. The van der Waals surface area contributed by atoms with E-state index in [1.54, 1.807) is 35.5 Å². The Labute approximate surface area is 191 Å². The summed E-state index contributed by atoms with van der Waals surface area (Å²) in [6.45, 7) is 1.41. The second kappa shape index (κ2) is 12.7. The SMILES string of the molecule is CN=C(NCCc1ccc(OC)c(OC)c1)NCC(c1ccc(OC)c(OC)c1)N(C)C. The monoisotopic (exact) mass is 444 g/mol. The predicted octanol–water partition coefficient (Wildman–Crippen LogP) is 2.73. The zero-order chi connectivity index (χ0) is 23.5. The van der Waals surface area contributed by atoms with Crippen molar-refractivity contribution in [1.29, 1.82) is 0 Å². The van der Waals surface area contributed by atoms with Crippen LogP contribution in [0.5, 0.6) is 23.0 Å². The highest BCUT2D eigenvalue weighted by Gasteiger charge is 2.17. The van der Waals surface area contributed by atoms with E-state index in [9.17, 15) is 0 Å². The van der Waals surface area contributed by atoms with E-state index in [-0.39, 0.29) is 6.04 Å². The number of hydrogen-bond acceptors (Lipinski definition) is 6. The van der Waals surface area contributed by atoms with Gasteiger partial charge in [0.25, 0.3) is 0 Å². The number of nitrogens with zero attached hydrogens (tertiary/aromatic N) is 2. The minimum absolute atomic E-state index is 0.124. The van der Waals surface area contributed by atoms with E-state index < -0.39 is 0 Å². The lowest BCUT2D eigenvalue weighted by molar-refractivity contribution is 0.295. The molecule has 0 aliphatic rings. The molecular formula is C24H36N4O4. The van der Waals surface area contributed by atoms with Gasteiger partial charge < -0.3 is 34.5 Å². The maximum atomic E-state index is 5.46. The quantitative estimate of drug-likeness (QED) is 0.408. The summed E-state index contributed by atoms with van der Waals surface area (Å²) in [5.41, 5.74) is 2.28. The van der Waals surface area contributed by atoms with Gasteiger partial charge in [-0.25, -0.2) is 0 Å². The average molecular weight is 445 g/mol. The van der Waals surface area contributed by atoms with Crippen LogP contribution in [0.1, 0.15) is 17.2 Å². The van der Waals surface area contributed by atoms with E-state index in [0.29, 0.717) is 18.0 Å². The molecule has 0 heterocycles. The first kappa shape index (κ1) is 25.1. The van der Waals surface area contributed by atoms with Gasteiger partial charge >= 0.3 is 0 Å². The molecule has 8 nitrogen and oxygen atoms in total. The molecule has 0 saturated heterocycles. The van der Waals surface area contributed by atoms with Gasteiger partial charge in [0.2, 0.25) is 0 Å². The van der Waals surface area contributed by atoms with Crippen LogP contribution < -0.4 is 29.6 Å². The van der Waals surface area contributed by atoms with Gasteiger partial charge in [-0.05, 0) is 55.9 Å². The van der Waals surface area contributed by atoms with Gasteiger partial charge in [0.05, 0.1) is 34.5 Å². The zero-order valence-corrected chi connectivity index (χ0v) is 20.2. The van der Waals surface area contributed by atoms with Crippen molar-refractivity contribution < 1.29 is 18.9 Å². The Morgan fingerprint density at radius 2 is 1.44 bits per heavy atom. The molecule has 0 spiro atoms. The third-order valence-corrected chi connectivity index (χ3v) is 5.26. The van der Waals surface area contributed by atoms with Crippen LogP contribution in [0, 0.1) is 0 Å². The molecule has 0 aliphatic heterocycles. The van der Waals surface area contributed by atoms with E-state index >= 15 is 0 Å². The van der Waals surface area contributed by atoms with E-state index in [4.69, 9.17) is 18.9 Å². The number of hydrogen-bond donors (Lipinski definition) is 2. The van der Waals surface area contributed by atoms with Crippen molar-refractivity contribution in [2.45, 2.75) is 12.5 Å². The lowest BCUT2D eigenvalue weighted by Crippen LogP contribution is -2.42. The Kier molecular flexibility index (Phi) is 9.94. The van der Waals surface area contributed by atoms with Crippen LogP contribution in [0.15, 0.2) is 41.4 Å². The molecule has 1 unspecified atom stereocenters. The van der Waals surface area contributed by atoms with Crippen molar-refractivity contribution in [3.8, 4) is 23.0 Å². The third kappa shape index (κ3) is 6.68. The van der Waals surface area contributed by atoms with Crippen LogP contribution in [-0.4, -0.2) is 73.5 Å². The van der Waals surface area contributed by atoms with Crippen molar-refractivity contribution in [2.24, 2.45) is 4.99 Å². The van der Waals surface area contributed by atoms with Crippen LogP contribution in [0.2, 0.25) is 0 Å². The van der Waals surface area contributed by atoms with Gasteiger partial charge in [-0.15, -0.1) is 0 Å². The first-order chi connectivity index (χ1) is 15.5. The number of guanidine groups is 1. The highest BCUT2D eigenvalue weighted by atomic mass is 16.5. The topological polar surface area (TPSA) is 76.6 Å². The fourth-order valence-electron chi connectivity index (χ4n) is 3.43. The normalized spacial score (nSPS) is 12.3. The molecule has 0 radical (unpaired) electrons. The number of ether oxygens (including phenoxy) is 4. The maximum Gasteiger partial charge on any atom is 0.191 e. The van der Waals surface area contributed by atoms with Gasteiger partial charge in [0.15, 0.2) is 29.0 Å². The number of aliphatic imine (C=N–C) groups is 1. The maximum absolute atomic E-state index is 5.46. The molecule has 0 amide bonds. The predicted molar refractivity (Wildman–Crippen MR) is 129 cm³/mol. The number of nitrogens with one attached hydrogen (secondary N) is 2. The summed E-state index contributed by atoms with van der Waals surface area (Å²) in [7, 11) is 12.4. The summed E-state index contributed by atoms with van der Waals surface area (Å²) in [4.78, 5) is 6.51. The second-order valence-corrected chi connectivity index (χ2v) is 7.41. The van der Waals surface area contributed by atoms with Crippen LogP contribution in [-0.2, 0) is 6.42 Å². The first-order valence-corrected chi connectivity index (χ1v) is 10.5. The molecule has 0 saturated carbocycles. The number of likely N-dealkylation sites (N-methyl/N-ethyl adjacent to an activating group) is 1. The minimum Gasteiger partial charge on any atom is -0.493 e. The fourth-order valence-corrected chi connectivity index (χ4v) is 3.43. The standard InChI is InChI=1S/C24H36N4O4/c1-25-24(26-13-12-17-8-10-20(29-4)22(14-17)31-6)27-16-19(28(2)3)18-9-11-21(30-5)23(15-18)32-7/h8-11,14-15,19H,12-13,16H2,1-7H3,(H2,25,26,27). The van der Waals surface area contributed by atoms with Crippen molar-refractivity contribution in [1.82, 2.24) is 15.5 Å². The Morgan fingerprint density at radius 3 is 2.00 bits per heavy atom. The summed E-state index contributed by atoms with van der Waals surface area (Å²) in [6.07, 6.45) is 0.827. The molecule has 1 atom stereocenters. The van der Waals surface area contributed by atoms with Crippen LogP contribution >= 0.6 is 0 Å². The second-order valence-electron chi connectivity index (χ2n) is 7.41. The van der Waals surface area contributed by atoms with Gasteiger partial charge in [-0.2, -0.15) is 0 Å². The highest BCUT2D eigenvalue weighted by Crippen LogP contribution is 2.31.